The standard InChI is InChI=1S/C14H28N2O3/c1-5-14(18,10-15)11-6-8-16(9-7-11)12(17)19-13(2,3)4/h11,18H,5-10,15H2,1-4H3/t14-/m1/s1. The molecule has 0 unspecified atom stereocenters. The Hall–Kier alpha value is -0.810. The van der Waals surface area contributed by atoms with Crippen LogP contribution in [-0.4, -0.2) is 46.9 Å². The van der Waals surface area contributed by atoms with E-state index in [2.05, 4.69) is 0 Å². The fourth-order valence-corrected chi connectivity index (χ4v) is 2.53. The molecule has 1 rings (SSSR count). The number of aliphatic hydroxyl groups is 1. The van der Waals surface area contributed by atoms with E-state index in [4.69, 9.17) is 10.5 Å². The maximum absolute atomic E-state index is 11.9. The van der Waals surface area contributed by atoms with Gasteiger partial charge in [-0.3, -0.25) is 0 Å². The van der Waals surface area contributed by atoms with Gasteiger partial charge in [0.1, 0.15) is 5.60 Å². The Kier molecular flexibility index (Phi) is 5.21. The van der Waals surface area contributed by atoms with Crippen molar-refractivity contribution in [3.05, 3.63) is 0 Å². The van der Waals surface area contributed by atoms with E-state index in [0.717, 1.165) is 12.8 Å². The zero-order chi connectivity index (χ0) is 14.7. The summed E-state index contributed by atoms with van der Waals surface area (Å²) in [6, 6.07) is 0. The predicted octanol–water partition coefficient (Wildman–Crippen LogP) is 1.73. The highest BCUT2D eigenvalue weighted by molar-refractivity contribution is 5.68. The lowest BCUT2D eigenvalue weighted by Crippen LogP contribution is -2.50. The molecule has 0 aliphatic carbocycles. The Bertz CT molecular complexity index is 300. The molecule has 0 bridgehead atoms. The van der Waals surface area contributed by atoms with Crippen LogP contribution in [0.5, 0.6) is 0 Å². The minimum atomic E-state index is -0.792. The SMILES string of the molecule is CC[C@@](O)(CN)C1CCN(C(=O)OC(C)(C)C)CC1. The zero-order valence-corrected chi connectivity index (χ0v) is 12.6. The molecule has 0 radical (unpaired) electrons. The van der Waals surface area contributed by atoms with Crippen molar-refractivity contribution in [1.82, 2.24) is 4.90 Å². The number of nitrogens with two attached hydrogens (primary N) is 1. The number of carbonyl (C=O) groups is 1. The summed E-state index contributed by atoms with van der Waals surface area (Å²) in [4.78, 5) is 13.6. The molecule has 1 aliphatic rings. The highest BCUT2D eigenvalue weighted by Crippen LogP contribution is 2.30. The molecule has 1 atom stereocenters. The third kappa shape index (κ3) is 4.35. The monoisotopic (exact) mass is 272 g/mol. The molecule has 3 N–H and O–H groups in total. The summed E-state index contributed by atoms with van der Waals surface area (Å²) in [6.45, 7) is 9.07. The van der Waals surface area contributed by atoms with Crippen LogP contribution < -0.4 is 5.73 Å². The molecule has 1 saturated heterocycles. The predicted molar refractivity (Wildman–Crippen MR) is 74.8 cm³/mol. The van der Waals surface area contributed by atoms with Crippen molar-refractivity contribution in [2.24, 2.45) is 11.7 Å². The van der Waals surface area contributed by atoms with E-state index < -0.39 is 11.2 Å². The second kappa shape index (κ2) is 6.09. The molecular formula is C14H28N2O3. The van der Waals surface area contributed by atoms with Gasteiger partial charge in [0.05, 0.1) is 5.60 Å². The largest absolute Gasteiger partial charge is 0.444 e. The van der Waals surface area contributed by atoms with Crippen LogP contribution in [0, 0.1) is 5.92 Å². The van der Waals surface area contributed by atoms with Gasteiger partial charge in [-0.05, 0) is 46.0 Å². The first-order valence-corrected chi connectivity index (χ1v) is 7.12. The second-order valence-electron chi connectivity index (χ2n) is 6.40. The van der Waals surface area contributed by atoms with E-state index in [1.165, 1.54) is 0 Å². The van der Waals surface area contributed by atoms with Crippen LogP contribution in [0.4, 0.5) is 4.79 Å². The summed E-state index contributed by atoms with van der Waals surface area (Å²) in [7, 11) is 0. The minimum Gasteiger partial charge on any atom is -0.444 e. The molecule has 5 heteroatoms. The molecule has 19 heavy (non-hydrogen) atoms. The van der Waals surface area contributed by atoms with E-state index in [0.29, 0.717) is 19.5 Å². The zero-order valence-electron chi connectivity index (χ0n) is 12.6. The lowest BCUT2D eigenvalue weighted by Gasteiger charge is -2.40. The lowest BCUT2D eigenvalue weighted by molar-refractivity contribution is -0.0428. The van der Waals surface area contributed by atoms with Crippen LogP contribution in [0.3, 0.4) is 0 Å². The van der Waals surface area contributed by atoms with Gasteiger partial charge in [-0.15, -0.1) is 0 Å². The van der Waals surface area contributed by atoms with Crippen LogP contribution in [-0.2, 0) is 4.74 Å². The number of nitrogens with zero attached hydrogens (tertiary/aromatic N) is 1. The molecule has 1 amide bonds. The number of hydrogen-bond donors (Lipinski definition) is 2. The molecule has 0 aromatic rings. The van der Waals surface area contributed by atoms with Crippen molar-refractivity contribution in [2.75, 3.05) is 19.6 Å². The Morgan fingerprint density at radius 3 is 2.26 bits per heavy atom. The van der Waals surface area contributed by atoms with Gasteiger partial charge in [-0.25, -0.2) is 4.79 Å². The first-order valence-electron chi connectivity index (χ1n) is 7.12. The van der Waals surface area contributed by atoms with E-state index >= 15 is 0 Å². The molecule has 1 aliphatic heterocycles. The molecule has 1 heterocycles. The Balaban J connectivity index is 2.51. The Morgan fingerprint density at radius 2 is 1.89 bits per heavy atom. The van der Waals surface area contributed by atoms with Crippen molar-refractivity contribution in [3.8, 4) is 0 Å². The normalized spacial score (nSPS) is 21.1. The summed E-state index contributed by atoms with van der Waals surface area (Å²) in [5.41, 5.74) is 4.42. The number of carbonyl (C=O) groups excluding carboxylic acids is 1. The quantitative estimate of drug-likeness (QED) is 0.820. The number of piperidine rings is 1. The first kappa shape index (κ1) is 16.2. The van der Waals surface area contributed by atoms with E-state index in [9.17, 15) is 9.90 Å². The highest BCUT2D eigenvalue weighted by atomic mass is 16.6. The third-order valence-corrected chi connectivity index (χ3v) is 3.87. The molecule has 0 aromatic heterocycles. The van der Waals surface area contributed by atoms with Crippen molar-refractivity contribution < 1.29 is 14.6 Å². The molecule has 5 nitrogen and oxygen atoms in total. The first-order chi connectivity index (χ1) is 8.72. The van der Waals surface area contributed by atoms with Gasteiger partial charge in [-0.2, -0.15) is 0 Å². The molecule has 0 saturated carbocycles. The summed E-state index contributed by atoms with van der Waals surface area (Å²) < 4.78 is 5.35. The topological polar surface area (TPSA) is 75.8 Å². The summed E-state index contributed by atoms with van der Waals surface area (Å²) in [5.74, 6) is 0.168. The number of rotatable bonds is 3. The third-order valence-electron chi connectivity index (χ3n) is 3.87. The lowest BCUT2D eigenvalue weighted by atomic mass is 9.79. The Labute approximate surface area is 116 Å². The molecule has 112 valence electrons. The summed E-state index contributed by atoms with van der Waals surface area (Å²) in [5, 5.41) is 10.4. The van der Waals surface area contributed by atoms with Crippen molar-refractivity contribution in [2.45, 2.75) is 58.2 Å². The summed E-state index contributed by atoms with van der Waals surface area (Å²) in [6.07, 6.45) is 1.95. The van der Waals surface area contributed by atoms with Crippen molar-refractivity contribution in [1.29, 1.82) is 0 Å². The van der Waals surface area contributed by atoms with Crippen LogP contribution in [0.1, 0.15) is 47.0 Å². The van der Waals surface area contributed by atoms with Gasteiger partial charge >= 0.3 is 6.09 Å². The van der Waals surface area contributed by atoms with Crippen molar-refractivity contribution >= 4 is 6.09 Å². The van der Waals surface area contributed by atoms with Gasteiger partial charge in [0.2, 0.25) is 0 Å². The summed E-state index contributed by atoms with van der Waals surface area (Å²) >= 11 is 0. The van der Waals surface area contributed by atoms with Gasteiger partial charge in [0.25, 0.3) is 0 Å². The molecule has 1 fully saturated rings. The van der Waals surface area contributed by atoms with Gasteiger partial charge < -0.3 is 20.5 Å². The average Bonchev–Trinajstić information content (AvgIpc) is 2.36. The molecular weight excluding hydrogens is 244 g/mol. The highest BCUT2D eigenvalue weighted by Gasteiger charge is 2.37. The van der Waals surface area contributed by atoms with Crippen LogP contribution in [0.2, 0.25) is 0 Å². The fraction of sp³-hybridized carbons (Fsp3) is 0.929. The number of hydrogen-bond acceptors (Lipinski definition) is 4. The van der Waals surface area contributed by atoms with E-state index in [-0.39, 0.29) is 18.6 Å². The number of amides is 1. The van der Waals surface area contributed by atoms with E-state index in [1.807, 2.05) is 27.7 Å². The Morgan fingerprint density at radius 1 is 1.37 bits per heavy atom. The van der Waals surface area contributed by atoms with Gasteiger partial charge in [-0.1, -0.05) is 6.92 Å². The maximum Gasteiger partial charge on any atom is 0.410 e. The number of likely N-dealkylation sites (tertiary alicyclic amines) is 1. The van der Waals surface area contributed by atoms with Crippen LogP contribution in [0.25, 0.3) is 0 Å². The van der Waals surface area contributed by atoms with Gasteiger partial charge in [0.15, 0.2) is 0 Å². The van der Waals surface area contributed by atoms with E-state index in [1.54, 1.807) is 4.90 Å². The molecule has 0 aromatic carbocycles. The maximum atomic E-state index is 11.9. The second-order valence-corrected chi connectivity index (χ2v) is 6.40. The van der Waals surface area contributed by atoms with Gasteiger partial charge in [0, 0.05) is 19.6 Å². The number of ether oxygens (including phenoxy) is 1. The van der Waals surface area contributed by atoms with Crippen LogP contribution >= 0.6 is 0 Å². The average molecular weight is 272 g/mol. The fourth-order valence-electron chi connectivity index (χ4n) is 2.53. The van der Waals surface area contributed by atoms with Crippen LogP contribution in [0.15, 0.2) is 0 Å². The van der Waals surface area contributed by atoms with Crippen molar-refractivity contribution in [3.63, 3.8) is 0 Å². The minimum absolute atomic E-state index is 0.168. The smallest absolute Gasteiger partial charge is 0.410 e. The molecule has 0 spiro atoms.